The van der Waals surface area contributed by atoms with E-state index in [9.17, 15) is 4.79 Å². The molecule has 0 spiro atoms. The van der Waals surface area contributed by atoms with E-state index in [1.165, 1.54) is 0 Å². The molecule has 0 aliphatic heterocycles. The number of hydrogen-bond donors (Lipinski definition) is 0. The minimum absolute atomic E-state index is 0.0525. The molecule has 0 aromatic heterocycles. The number of hydrogen-bond acceptors (Lipinski definition) is 1. The third-order valence-corrected chi connectivity index (χ3v) is 3.15. The predicted molar refractivity (Wildman–Crippen MR) is 54.0 cm³/mol. The zero-order valence-electron chi connectivity index (χ0n) is 7.97. The van der Waals surface area contributed by atoms with Crippen molar-refractivity contribution in [2.45, 2.75) is 38.4 Å². The molecule has 0 rings (SSSR count). The molecule has 0 radical (unpaired) electrons. The Morgan fingerprint density at radius 2 is 1.17 bits per heavy atom. The molecule has 0 aromatic carbocycles. The van der Waals surface area contributed by atoms with Crippen LogP contribution < -0.4 is 0 Å². The first kappa shape index (κ1) is 12.2. The monoisotopic (exact) mass is 210 g/mol. The van der Waals surface area contributed by atoms with Crippen LogP contribution in [0.4, 0.5) is 0 Å². The number of carbonyl (C=O) groups excluding carboxylic acids is 1. The van der Waals surface area contributed by atoms with Crippen molar-refractivity contribution in [2.75, 3.05) is 0 Å². The molecule has 0 aliphatic carbocycles. The molecule has 0 aromatic rings. The van der Waals surface area contributed by atoms with Crippen molar-refractivity contribution in [3.8, 4) is 0 Å². The average Bonchev–Trinajstić information content (AvgIpc) is 2.00. The van der Waals surface area contributed by atoms with Gasteiger partial charge in [-0.05, 0) is 11.8 Å². The largest absolute Gasteiger partial charge is 0.296 e. The van der Waals surface area contributed by atoms with E-state index in [1.54, 1.807) is 0 Å². The first-order chi connectivity index (χ1) is 5.37. The highest BCUT2D eigenvalue weighted by molar-refractivity contribution is 6.40. The highest BCUT2D eigenvalue weighted by Crippen LogP contribution is 2.19. The van der Waals surface area contributed by atoms with E-state index in [1.807, 2.05) is 27.7 Å². The summed E-state index contributed by atoms with van der Waals surface area (Å²) in [5, 5.41) is -0.898. The molecule has 3 heteroatoms. The van der Waals surface area contributed by atoms with Gasteiger partial charge in [0.2, 0.25) is 0 Å². The van der Waals surface area contributed by atoms with Crippen LogP contribution in [0.5, 0.6) is 0 Å². The lowest BCUT2D eigenvalue weighted by atomic mass is 9.98. The van der Waals surface area contributed by atoms with Gasteiger partial charge in [0.05, 0.1) is 10.8 Å². The summed E-state index contributed by atoms with van der Waals surface area (Å²) in [6.07, 6.45) is 0. The van der Waals surface area contributed by atoms with E-state index in [0.29, 0.717) is 0 Å². The van der Waals surface area contributed by atoms with Crippen LogP contribution in [0.2, 0.25) is 0 Å². The molecule has 72 valence electrons. The van der Waals surface area contributed by atoms with Crippen molar-refractivity contribution in [3.05, 3.63) is 0 Å². The minimum Gasteiger partial charge on any atom is -0.296 e. The molecule has 0 heterocycles. The molecule has 12 heavy (non-hydrogen) atoms. The van der Waals surface area contributed by atoms with Gasteiger partial charge in [-0.3, -0.25) is 4.79 Å². The van der Waals surface area contributed by atoms with Crippen LogP contribution in [0.1, 0.15) is 27.7 Å². The number of rotatable bonds is 4. The Balaban J connectivity index is 4.19. The van der Waals surface area contributed by atoms with Crippen LogP contribution >= 0.6 is 23.2 Å². The van der Waals surface area contributed by atoms with Gasteiger partial charge < -0.3 is 0 Å². The molecule has 0 unspecified atom stereocenters. The molecular formula is C9H16Cl2O. The second-order valence-electron chi connectivity index (χ2n) is 3.69. The quantitative estimate of drug-likeness (QED) is 0.653. The van der Waals surface area contributed by atoms with Crippen molar-refractivity contribution in [2.24, 2.45) is 11.8 Å². The first-order valence-corrected chi connectivity index (χ1v) is 5.07. The number of alkyl halides is 2. The van der Waals surface area contributed by atoms with Gasteiger partial charge in [-0.15, -0.1) is 23.2 Å². The summed E-state index contributed by atoms with van der Waals surface area (Å²) in [5.74, 6) is 0.252. The maximum absolute atomic E-state index is 11.5. The van der Waals surface area contributed by atoms with Gasteiger partial charge >= 0.3 is 0 Å². The van der Waals surface area contributed by atoms with E-state index in [0.717, 1.165) is 0 Å². The molecule has 2 atom stereocenters. The summed E-state index contributed by atoms with van der Waals surface area (Å²) < 4.78 is 0. The molecular weight excluding hydrogens is 195 g/mol. The highest BCUT2D eigenvalue weighted by Gasteiger charge is 2.27. The van der Waals surface area contributed by atoms with Gasteiger partial charge in [-0.25, -0.2) is 0 Å². The van der Waals surface area contributed by atoms with Crippen molar-refractivity contribution in [3.63, 3.8) is 0 Å². The third kappa shape index (κ3) is 3.32. The third-order valence-electron chi connectivity index (χ3n) is 1.71. The molecule has 0 amide bonds. The highest BCUT2D eigenvalue weighted by atomic mass is 35.5. The van der Waals surface area contributed by atoms with E-state index in [2.05, 4.69) is 0 Å². The Kier molecular flexibility index (Phi) is 5.19. The molecule has 1 nitrogen and oxygen atoms in total. The second-order valence-corrected chi connectivity index (χ2v) is 4.63. The van der Waals surface area contributed by atoms with Crippen molar-refractivity contribution >= 4 is 29.0 Å². The van der Waals surface area contributed by atoms with Gasteiger partial charge in [0, 0.05) is 0 Å². The van der Waals surface area contributed by atoms with E-state index in [-0.39, 0.29) is 17.6 Å². The number of Topliss-reactive ketones (excluding diaryl/α,β-unsaturated/α-hetero) is 1. The Bertz CT molecular complexity index is 139. The lowest BCUT2D eigenvalue weighted by Crippen LogP contribution is -2.31. The second kappa shape index (κ2) is 5.08. The standard InChI is InChI=1S/C9H16Cl2O/c1-5(2)7(10)9(12)8(11)6(3)4/h5-8H,1-4H3/t7-,8+. The summed E-state index contributed by atoms with van der Waals surface area (Å²) in [7, 11) is 0. The zero-order chi connectivity index (χ0) is 9.89. The SMILES string of the molecule is CC(C)[C@H](Cl)C(=O)[C@H](Cl)C(C)C. The van der Waals surface area contributed by atoms with Crippen molar-refractivity contribution in [1.29, 1.82) is 0 Å². The molecule has 0 bridgehead atoms. The number of ketones is 1. The summed E-state index contributed by atoms with van der Waals surface area (Å²) in [5.41, 5.74) is 0. The van der Waals surface area contributed by atoms with Crippen LogP contribution in [0.15, 0.2) is 0 Å². The predicted octanol–water partition coefficient (Wildman–Crippen LogP) is 3.08. The fourth-order valence-electron chi connectivity index (χ4n) is 0.809. The Morgan fingerprint density at radius 3 is 1.33 bits per heavy atom. The maximum Gasteiger partial charge on any atom is 0.168 e. The Labute approximate surface area is 84.4 Å². The molecule has 0 saturated heterocycles. The maximum atomic E-state index is 11.5. The van der Waals surface area contributed by atoms with Crippen molar-refractivity contribution < 1.29 is 4.79 Å². The fraction of sp³-hybridized carbons (Fsp3) is 0.889. The zero-order valence-corrected chi connectivity index (χ0v) is 9.49. The summed E-state index contributed by atoms with van der Waals surface area (Å²) >= 11 is 11.7. The normalized spacial score (nSPS) is 16.7. The molecule has 0 saturated carbocycles. The van der Waals surface area contributed by atoms with Crippen LogP contribution in [-0.2, 0) is 4.79 Å². The van der Waals surface area contributed by atoms with Crippen molar-refractivity contribution in [1.82, 2.24) is 0 Å². The Hall–Kier alpha value is 0.250. The fourth-order valence-corrected chi connectivity index (χ4v) is 1.15. The van der Waals surface area contributed by atoms with Gasteiger partial charge in [-0.2, -0.15) is 0 Å². The number of halogens is 2. The smallest absolute Gasteiger partial charge is 0.168 e. The molecule has 0 N–H and O–H groups in total. The van der Waals surface area contributed by atoms with Gasteiger partial charge in [-0.1, -0.05) is 27.7 Å². The van der Waals surface area contributed by atoms with Gasteiger partial charge in [0.1, 0.15) is 0 Å². The number of carbonyl (C=O) groups is 1. The molecule has 0 fully saturated rings. The van der Waals surface area contributed by atoms with Crippen LogP contribution in [0, 0.1) is 11.8 Å². The Morgan fingerprint density at radius 1 is 0.917 bits per heavy atom. The lowest BCUT2D eigenvalue weighted by molar-refractivity contribution is -0.119. The summed E-state index contributed by atoms with van der Waals surface area (Å²) in [6, 6.07) is 0. The van der Waals surface area contributed by atoms with Crippen LogP contribution in [0.25, 0.3) is 0 Å². The summed E-state index contributed by atoms with van der Waals surface area (Å²) in [4.78, 5) is 11.5. The van der Waals surface area contributed by atoms with Crippen LogP contribution in [0.3, 0.4) is 0 Å². The topological polar surface area (TPSA) is 17.1 Å². The first-order valence-electron chi connectivity index (χ1n) is 4.19. The summed E-state index contributed by atoms with van der Waals surface area (Å²) in [6.45, 7) is 7.66. The molecule has 0 aliphatic rings. The van der Waals surface area contributed by atoms with E-state index in [4.69, 9.17) is 23.2 Å². The van der Waals surface area contributed by atoms with Gasteiger partial charge in [0.15, 0.2) is 5.78 Å². The average molecular weight is 211 g/mol. The van der Waals surface area contributed by atoms with E-state index >= 15 is 0 Å². The van der Waals surface area contributed by atoms with E-state index < -0.39 is 10.8 Å². The van der Waals surface area contributed by atoms with Crippen LogP contribution in [-0.4, -0.2) is 16.5 Å². The van der Waals surface area contributed by atoms with Gasteiger partial charge in [0.25, 0.3) is 0 Å². The lowest BCUT2D eigenvalue weighted by Gasteiger charge is -2.18. The minimum atomic E-state index is -0.449.